The van der Waals surface area contributed by atoms with E-state index in [9.17, 15) is 5.26 Å². The van der Waals surface area contributed by atoms with E-state index in [1.165, 1.54) is 0 Å². The quantitative estimate of drug-likeness (QED) is 0.728. The molecule has 4 nitrogen and oxygen atoms in total. The summed E-state index contributed by atoms with van der Waals surface area (Å²) in [5.74, 6) is 0. The van der Waals surface area contributed by atoms with Gasteiger partial charge in [-0.3, -0.25) is 0 Å². The van der Waals surface area contributed by atoms with Gasteiger partial charge in [0, 0.05) is 33.9 Å². The minimum atomic E-state index is 0.732. The number of anilines is 1. The van der Waals surface area contributed by atoms with Crippen LogP contribution in [-0.4, -0.2) is 33.9 Å². The van der Waals surface area contributed by atoms with Crippen molar-refractivity contribution >= 4 is 5.69 Å². The molecule has 4 heteroatoms. The maximum Gasteiger partial charge on any atom is 0.101 e. The van der Waals surface area contributed by atoms with Crippen molar-refractivity contribution in [3.05, 3.63) is 29.3 Å². The standard InChI is InChI=1S/C15H23N3O/c1-4-17-12-13-6-7-15(14(10-13)11-16)18(2)8-5-9-19-3/h6-7,10,17H,4-5,8-9,12H2,1-3H3. The second-order valence-corrected chi connectivity index (χ2v) is 4.51. The lowest BCUT2D eigenvalue weighted by atomic mass is 10.1. The van der Waals surface area contributed by atoms with Crippen LogP contribution >= 0.6 is 0 Å². The zero-order valence-electron chi connectivity index (χ0n) is 12.1. The average Bonchev–Trinajstić information content (AvgIpc) is 2.44. The Kier molecular flexibility index (Phi) is 6.94. The summed E-state index contributed by atoms with van der Waals surface area (Å²) < 4.78 is 5.05. The molecule has 0 amide bonds. The van der Waals surface area contributed by atoms with Gasteiger partial charge in [-0.25, -0.2) is 0 Å². The number of nitriles is 1. The van der Waals surface area contributed by atoms with Gasteiger partial charge in [0.2, 0.25) is 0 Å². The first-order valence-electron chi connectivity index (χ1n) is 6.66. The highest BCUT2D eigenvalue weighted by molar-refractivity contribution is 5.60. The molecule has 1 rings (SSSR count). The van der Waals surface area contributed by atoms with E-state index in [2.05, 4.69) is 29.3 Å². The minimum Gasteiger partial charge on any atom is -0.385 e. The Morgan fingerprint density at radius 3 is 2.84 bits per heavy atom. The Hall–Kier alpha value is -1.57. The van der Waals surface area contributed by atoms with Crippen molar-refractivity contribution in [1.82, 2.24) is 5.32 Å². The van der Waals surface area contributed by atoms with E-state index in [1.807, 2.05) is 19.2 Å². The molecule has 0 bridgehead atoms. The fourth-order valence-corrected chi connectivity index (χ4v) is 1.95. The maximum absolute atomic E-state index is 9.27. The molecule has 1 aromatic carbocycles. The van der Waals surface area contributed by atoms with Gasteiger partial charge in [0.15, 0.2) is 0 Å². The highest BCUT2D eigenvalue weighted by Crippen LogP contribution is 2.20. The highest BCUT2D eigenvalue weighted by atomic mass is 16.5. The van der Waals surface area contributed by atoms with Gasteiger partial charge in [0.05, 0.1) is 11.3 Å². The molecule has 0 aliphatic rings. The molecule has 0 radical (unpaired) electrons. The van der Waals surface area contributed by atoms with Crippen LogP contribution in [0.3, 0.4) is 0 Å². The number of ether oxygens (including phenoxy) is 1. The summed E-state index contributed by atoms with van der Waals surface area (Å²) >= 11 is 0. The number of benzene rings is 1. The van der Waals surface area contributed by atoms with E-state index in [0.717, 1.165) is 49.5 Å². The molecule has 0 saturated heterocycles. The van der Waals surface area contributed by atoms with Gasteiger partial charge in [-0.1, -0.05) is 13.0 Å². The van der Waals surface area contributed by atoms with Crippen LogP contribution in [-0.2, 0) is 11.3 Å². The van der Waals surface area contributed by atoms with Gasteiger partial charge in [-0.05, 0) is 30.7 Å². The fourth-order valence-electron chi connectivity index (χ4n) is 1.95. The molecule has 0 aromatic heterocycles. The first-order valence-corrected chi connectivity index (χ1v) is 6.66. The molecule has 104 valence electrons. The summed E-state index contributed by atoms with van der Waals surface area (Å²) in [7, 11) is 3.71. The summed E-state index contributed by atoms with van der Waals surface area (Å²) in [5.41, 5.74) is 2.86. The number of methoxy groups -OCH3 is 1. The summed E-state index contributed by atoms with van der Waals surface area (Å²) in [5, 5.41) is 12.5. The van der Waals surface area contributed by atoms with Crippen molar-refractivity contribution in [3.8, 4) is 6.07 Å². The summed E-state index contributed by atoms with van der Waals surface area (Å²) in [6.07, 6.45) is 0.955. The normalized spacial score (nSPS) is 10.2. The number of hydrogen-bond donors (Lipinski definition) is 1. The van der Waals surface area contributed by atoms with Crippen LogP contribution in [0.5, 0.6) is 0 Å². The lowest BCUT2D eigenvalue weighted by Crippen LogP contribution is -2.21. The van der Waals surface area contributed by atoms with Crippen LogP contribution < -0.4 is 10.2 Å². The van der Waals surface area contributed by atoms with Crippen molar-refractivity contribution in [1.29, 1.82) is 5.26 Å². The Bertz CT molecular complexity index is 426. The third-order valence-electron chi connectivity index (χ3n) is 3.01. The summed E-state index contributed by atoms with van der Waals surface area (Å²) in [6, 6.07) is 8.35. The van der Waals surface area contributed by atoms with E-state index in [4.69, 9.17) is 4.74 Å². The lowest BCUT2D eigenvalue weighted by molar-refractivity contribution is 0.196. The molecule has 0 atom stereocenters. The molecule has 19 heavy (non-hydrogen) atoms. The van der Waals surface area contributed by atoms with Gasteiger partial charge < -0.3 is 15.0 Å². The molecule has 0 unspecified atom stereocenters. The van der Waals surface area contributed by atoms with E-state index in [0.29, 0.717) is 0 Å². The van der Waals surface area contributed by atoms with E-state index in [-0.39, 0.29) is 0 Å². The highest BCUT2D eigenvalue weighted by Gasteiger charge is 2.08. The van der Waals surface area contributed by atoms with E-state index < -0.39 is 0 Å². The largest absolute Gasteiger partial charge is 0.385 e. The molecule has 1 N–H and O–H groups in total. The van der Waals surface area contributed by atoms with E-state index in [1.54, 1.807) is 7.11 Å². The predicted octanol–water partition coefficient (Wildman–Crippen LogP) is 2.14. The van der Waals surface area contributed by atoms with Gasteiger partial charge in [-0.15, -0.1) is 0 Å². The minimum absolute atomic E-state index is 0.732. The van der Waals surface area contributed by atoms with Gasteiger partial charge >= 0.3 is 0 Å². The second-order valence-electron chi connectivity index (χ2n) is 4.51. The zero-order valence-corrected chi connectivity index (χ0v) is 12.1. The first kappa shape index (κ1) is 15.5. The average molecular weight is 261 g/mol. The van der Waals surface area contributed by atoms with Gasteiger partial charge in [0.1, 0.15) is 6.07 Å². The SMILES string of the molecule is CCNCc1ccc(N(C)CCCOC)c(C#N)c1. The molecule has 0 saturated carbocycles. The third kappa shape index (κ3) is 4.90. The number of hydrogen-bond acceptors (Lipinski definition) is 4. The van der Waals surface area contributed by atoms with Crippen molar-refractivity contribution in [2.75, 3.05) is 38.8 Å². The van der Waals surface area contributed by atoms with Crippen LogP contribution in [0.1, 0.15) is 24.5 Å². The lowest BCUT2D eigenvalue weighted by Gasteiger charge is -2.21. The second kappa shape index (κ2) is 8.52. The topological polar surface area (TPSA) is 48.3 Å². The van der Waals surface area contributed by atoms with E-state index >= 15 is 0 Å². The molecule has 0 heterocycles. The molecule has 1 aromatic rings. The van der Waals surface area contributed by atoms with Crippen LogP contribution in [0.25, 0.3) is 0 Å². The monoisotopic (exact) mass is 261 g/mol. The van der Waals surface area contributed by atoms with Crippen LogP contribution in [0.15, 0.2) is 18.2 Å². The summed E-state index contributed by atoms with van der Waals surface area (Å²) in [4.78, 5) is 2.11. The molecule has 0 fully saturated rings. The molecule has 0 aliphatic heterocycles. The van der Waals surface area contributed by atoms with Crippen molar-refractivity contribution in [2.45, 2.75) is 19.9 Å². The molecule has 0 aliphatic carbocycles. The summed E-state index contributed by atoms with van der Waals surface area (Å²) in [6.45, 7) is 5.43. The third-order valence-corrected chi connectivity index (χ3v) is 3.01. The maximum atomic E-state index is 9.27. The first-order chi connectivity index (χ1) is 9.22. The smallest absolute Gasteiger partial charge is 0.101 e. The van der Waals surface area contributed by atoms with Crippen LogP contribution in [0, 0.1) is 11.3 Å². The van der Waals surface area contributed by atoms with Gasteiger partial charge in [-0.2, -0.15) is 5.26 Å². The van der Waals surface area contributed by atoms with Crippen molar-refractivity contribution < 1.29 is 4.74 Å². The predicted molar refractivity (Wildman–Crippen MR) is 78.3 cm³/mol. The number of rotatable bonds is 8. The Morgan fingerprint density at radius 1 is 1.42 bits per heavy atom. The van der Waals surface area contributed by atoms with Crippen LogP contribution in [0.4, 0.5) is 5.69 Å². The molecular weight excluding hydrogens is 238 g/mol. The Morgan fingerprint density at radius 2 is 2.21 bits per heavy atom. The number of nitrogens with zero attached hydrogens (tertiary/aromatic N) is 2. The Labute approximate surface area is 116 Å². The molecular formula is C15H23N3O. The van der Waals surface area contributed by atoms with Crippen molar-refractivity contribution in [2.24, 2.45) is 0 Å². The van der Waals surface area contributed by atoms with Crippen LogP contribution in [0.2, 0.25) is 0 Å². The Balaban J connectivity index is 2.75. The van der Waals surface area contributed by atoms with Crippen molar-refractivity contribution in [3.63, 3.8) is 0 Å². The molecule has 0 spiro atoms. The zero-order chi connectivity index (χ0) is 14.1. The number of nitrogens with one attached hydrogen (secondary N) is 1. The fraction of sp³-hybridized carbons (Fsp3) is 0.533. The van der Waals surface area contributed by atoms with Gasteiger partial charge in [0.25, 0.3) is 0 Å².